The van der Waals surface area contributed by atoms with Crippen molar-refractivity contribution in [1.29, 1.82) is 0 Å². The van der Waals surface area contributed by atoms with E-state index in [1.165, 1.54) is 6.33 Å². The molecule has 0 aliphatic rings. The van der Waals surface area contributed by atoms with Gasteiger partial charge >= 0.3 is 0 Å². The van der Waals surface area contributed by atoms with Gasteiger partial charge in [0.25, 0.3) is 0 Å². The fourth-order valence-electron chi connectivity index (χ4n) is 1.23. The Morgan fingerprint density at radius 3 is 2.47 bits per heavy atom. The maximum atomic E-state index is 5.76. The average molecular weight is 221 g/mol. The molecule has 0 saturated carbocycles. The number of nitrogens with zero attached hydrogens (tertiary/aromatic N) is 2. The highest BCUT2D eigenvalue weighted by atomic mass is 35.5. The van der Waals surface area contributed by atoms with E-state index >= 15 is 0 Å². The molecule has 5 heteroatoms. The number of aromatic nitrogens is 2. The summed E-state index contributed by atoms with van der Waals surface area (Å²) in [5.74, 6) is 0. The lowest BCUT2D eigenvalue weighted by atomic mass is 10.1. The van der Waals surface area contributed by atoms with E-state index in [-0.39, 0.29) is 0 Å². The summed E-state index contributed by atoms with van der Waals surface area (Å²) in [6.45, 7) is 0. The molecule has 0 aliphatic carbocycles. The molecular formula is C10H9ClN4. The van der Waals surface area contributed by atoms with E-state index < -0.39 is 0 Å². The highest BCUT2D eigenvalue weighted by Crippen LogP contribution is 2.24. The molecule has 0 radical (unpaired) electrons. The van der Waals surface area contributed by atoms with Crippen molar-refractivity contribution in [2.24, 2.45) is 0 Å². The summed E-state index contributed by atoms with van der Waals surface area (Å²) in [4.78, 5) is 7.89. The molecule has 0 amide bonds. The number of anilines is 2. The quantitative estimate of drug-likeness (QED) is 0.569. The number of hydrogen-bond donors (Lipinski definition) is 2. The topological polar surface area (TPSA) is 77.8 Å². The zero-order chi connectivity index (χ0) is 10.8. The Morgan fingerprint density at radius 2 is 1.80 bits per heavy atom. The molecule has 15 heavy (non-hydrogen) atoms. The largest absolute Gasteiger partial charge is 0.397 e. The van der Waals surface area contributed by atoms with E-state index in [2.05, 4.69) is 9.97 Å². The van der Waals surface area contributed by atoms with Crippen LogP contribution in [0.1, 0.15) is 0 Å². The molecule has 4 N–H and O–H groups in total. The van der Waals surface area contributed by atoms with Gasteiger partial charge in [-0.1, -0.05) is 17.7 Å². The van der Waals surface area contributed by atoms with Crippen LogP contribution < -0.4 is 11.5 Å². The first kappa shape index (κ1) is 9.73. The highest BCUT2D eigenvalue weighted by Gasteiger charge is 2.02. The van der Waals surface area contributed by atoms with Crippen molar-refractivity contribution in [3.05, 3.63) is 35.7 Å². The third-order valence-corrected chi connectivity index (χ3v) is 2.22. The normalized spacial score (nSPS) is 10.2. The van der Waals surface area contributed by atoms with Gasteiger partial charge in [0.2, 0.25) is 0 Å². The second kappa shape index (κ2) is 3.74. The fourth-order valence-corrected chi connectivity index (χ4v) is 1.37. The maximum absolute atomic E-state index is 5.76. The lowest BCUT2D eigenvalue weighted by molar-refractivity contribution is 1.17. The zero-order valence-electron chi connectivity index (χ0n) is 7.81. The Labute approximate surface area is 91.9 Å². The van der Waals surface area contributed by atoms with Crippen LogP contribution in [0.4, 0.5) is 11.4 Å². The maximum Gasteiger partial charge on any atom is 0.133 e. The second-order valence-corrected chi connectivity index (χ2v) is 3.46. The number of nitrogen functional groups attached to an aromatic ring is 2. The third-order valence-electron chi connectivity index (χ3n) is 2.02. The molecule has 2 aromatic rings. The Kier molecular flexibility index (Phi) is 2.43. The third kappa shape index (κ3) is 1.99. The van der Waals surface area contributed by atoms with Gasteiger partial charge in [0.15, 0.2) is 0 Å². The minimum atomic E-state index is 0.399. The monoisotopic (exact) mass is 220 g/mol. The van der Waals surface area contributed by atoms with Crippen LogP contribution in [0.25, 0.3) is 11.3 Å². The SMILES string of the molecule is Nc1ccc(-c2cc(Cl)ncn2)cc1N. The minimum Gasteiger partial charge on any atom is -0.397 e. The molecule has 1 aromatic heterocycles. The van der Waals surface area contributed by atoms with Crippen LogP contribution in [0.5, 0.6) is 0 Å². The Balaban J connectivity index is 2.50. The molecule has 0 unspecified atom stereocenters. The van der Waals surface area contributed by atoms with E-state index in [1.54, 1.807) is 18.2 Å². The summed E-state index contributed by atoms with van der Waals surface area (Å²) in [5, 5.41) is 0.399. The molecule has 0 saturated heterocycles. The summed E-state index contributed by atoms with van der Waals surface area (Å²) >= 11 is 5.76. The van der Waals surface area contributed by atoms with Crippen molar-refractivity contribution in [3.63, 3.8) is 0 Å². The second-order valence-electron chi connectivity index (χ2n) is 3.07. The van der Waals surface area contributed by atoms with Crippen LogP contribution in [0.15, 0.2) is 30.6 Å². The van der Waals surface area contributed by atoms with Gasteiger partial charge in [-0.15, -0.1) is 0 Å². The molecule has 0 atom stereocenters. The first-order chi connectivity index (χ1) is 7.16. The average Bonchev–Trinajstić information content (AvgIpc) is 2.22. The highest BCUT2D eigenvalue weighted by molar-refractivity contribution is 6.29. The van der Waals surface area contributed by atoms with Gasteiger partial charge in [-0.3, -0.25) is 0 Å². The van der Waals surface area contributed by atoms with Gasteiger partial charge in [-0.05, 0) is 12.1 Å². The van der Waals surface area contributed by atoms with Gasteiger partial charge in [0.05, 0.1) is 17.1 Å². The van der Waals surface area contributed by atoms with Crippen LogP contribution >= 0.6 is 11.6 Å². The molecule has 2 rings (SSSR count). The number of halogens is 1. The lowest BCUT2D eigenvalue weighted by Gasteiger charge is -2.04. The fraction of sp³-hybridized carbons (Fsp3) is 0. The molecule has 1 heterocycles. The van der Waals surface area contributed by atoms with Crippen molar-refractivity contribution in [2.45, 2.75) is 0 Å². The van der Waals surface area contributed by atoms with Crippen molar-refractivity contribution >= 4 is 23.0 Å². The Hall–Kier alpha value is -1.81. The number of benzene rings is 1. The van der Waals surface area contributed by atoms with Gasteiger partial charge < -0.3 is 11.5 Å². The molecular weight excluding hydrogens is 212 g/mol. The number of rotatable bonds is 1. The predicted molar refractivity (Wildman–Crippen MR) is 61.3 cm³/mol. The molecule has 0 spiro atoms. The first-order valence-electron chi connectivity index (χ1n) is 4.30. The summed E-state index contributed by atoms with van der Waals surface area (Å²) < 4.78 is 0. The van der Waals surface area contributed by atoms with Crippen LogP contribution in [0.3, 0.4) is 0 Å². The lowest BCUT2D eigenvalue weighted by Crippen LogP contribution is -1.95. The van der Waals surface area contributed by atoms with Crippen molar-refractivity contribution in [2.75, 3.05) is 11.5 Å². The van der Waals surface area contributed by atoms with E-state index in [4.69, 9.17) is 23.1 Å². The molecule has 1 aromatic carbocycles. The molecule has 76 valence electrons. The zero-order valence-corrected chi connectivity index (χ0v) is 8.57. The number of hydrogen-bond acceptors (Lipinski definition) is 4. The van der Waals surface area contributed by atoms with Crippen molar-refractivity contribution in [1.82, 2.24) is 9.97 Å². The van der Waals surface area contributed by atoms with Crippen LogP contribution in [-0.4, -0.2) is 9.97 Å². The summed E-state index contributed by atoms with van der Waals surface area (Å²) in [7, 11) is 0. The summed E-state index contributed by atoms with van der Waals surface area (Å²) in [5.41, 5.74) is 14.0. The predicted octanol–water partition coefficient (Wildman–Crippen LogP) is 1.96. The van der Waals surface area contributed by atoms with Crippen LogP contribution in [-0.2, 0) is 0 Å². The van der Waals surface area contributed by atoms with E-state index in [0.717, 1.165) is 11.3 Å². The minimum absolute atomic E-state index is 0.399. The van der Waals surface area contributed by atoms with Crippen molar-refractivity contribution < 1.29 is 0 Å². The Morgan fingerprint density at radius 1 is 1.00 bits per heavy atom. The van der Waals surface area contributed by atoms with E-state index in [1.807, 2.05) is 6.07 Å². The molecule has 0 aliphatic heterocycles. The molecule has 0 fully saturated rings. The van der Waals surface area contributed by atoms with Crippen molar-refractivity contribution in [3.8, 4) is 11.3 Å². The number of nitrogens with two attached hydrogens (primary N) is 2. The van der Waals surface area contributed by atoms with Crippen LogP contribution in [0, 0.1) is 0 Å². The van der Waals surface area contributed by atoms with Gasteiger partial charge in [0.1, 0.15) is 11.5 Å². The molecule has 0 bridgehead atoms. The van der Waals surface area contributed by atoms with Crippen LogP contribution in [0.2, 0.25) is 5.15 Å². The van der Waals surface area contributed by atoms with E-state index in [0.29, 0.717) is 16.5 Å². The first-order valence-corrected chi connectivity index (χ1v) is 4.67. The Bertz CT molecular complexity index is 499. The summed E-state index contributed by atoms with van der Waals surface area (Å²) in [6.07, 6.45) is 1.41. The summed E-state index contributed by atoms with van der Waals surface area (Å²) in [6, 6.07) is 7.01. The van der Waals surface area contributed by atoms with E-state index in [9.17, 15) is 0 Å². The smallest absolute Gasteiger partial charge is 0.133 e. The molecule has 4 nitrogen and oxygen atoms in total. The van der Waals surface area contributed by atoms with Gasteiger partial charge in [-0.2, -0.15) is 0 Å². The van der Waals surface area contributed by atoms with Gasteiger partial charge in [0, 0.05) is 11.6 Å². The van der Waals surface area contributed by atoms with Gasteiger partial charge in [-0.25, -0.2) is 9.97 Å². The standard InChI is InChI=1S/C10H9ClN4/c11-10-4-9(14-5-15-10)6-1-2-7(12)8(13)3-6/h1-5H,12-13H2.